The normalized spacial score (nSPS) is 14.5. The van der Waals surface area contributed by atoms with Gasteiger partial charge in [-0.15, -0.1) is 0 Å². The fourth-order valence-corrected chi connectivity index (χ4v) is 4.70. The summed E-state index contributed by atoms with van der Waals surface area (Å²) in [7, 11) is 0. The zero-order valence-corrected chi connectivity index (χ0v) is 19.4. The van der Waals surface area contributed by atoms with Crippen LogP contribution in [0, 0.1) is 6.92 Å². The highest BCUT2D eigenvalue weighted by atomic mass is 16.2. The van der Waals surface area contributed by atoms with Gasteiger partial charge in [0, 0.05) is 19.0 Å². The Balaban J connectivity index is 1.47. The molecule has 1 saturated carbocycles. The molecule has 0 aliphatic heterocycles. The Hall–Kier alpha value is -3.15. The minimum absolute atomic E-state index is 0.0736. The first-order valence-electron chi connectivity index (χ1n) is 12.1. The summed E-state index contributed by atoms with van der Waals surface area (Å²) in [6.07, 6.45) is 7.45. The maximum Gasteiger partial charge on any atom is 0.331 e. The molecule has 1 fully saturated rings. The van der Waals surface area contributed by atoms with E-state index >= 15 is 0 Å². The van der Waals surface area contributed by atoms with E-state index in [1.54, 1.807) is 10.6 Å². The molecule has 0 bridgehead atoms. The number of amides is 1. The maximum atomic E-state index is 13.3. The predicted octanol–water partition coefficient (Wildman–Crippen LogP) is 4.14. The molecule has 0 saturated heterocycles. The lowest BCUT2D eigenvalue weighted by Gasteiger charge is -2.22. The molecule has 0 radical (unpaired) electrons. The third-order valence-electron chi connectivity index (χ3n) is 6.60. The Kier molecular flexibility index (Phi) is 7.43. The molecule has 0 unspecified atom stereocenters. The molecule has 1 aliphatic carbocycles. The number of carbonyl (C=O) groups is 1. The van der Waals surface area contributed by atoms with Gasteiger partial charge in [-0.1, -0.05) is 61.2 Å². The molecule has 33 heavy (non-hydrogen) atoms. The number of fused-ring (bicyclic) bond motifs is 1. The Morgan fingerprint density at radius 1 is 0.939 bits per heavy atom. The molecule has 0 atom stereocenters. The second kappa shape index (κ2) is 10.6. The molecule has 1 aliphatic rings. The van der Waals surface area contributed by atoms with Crippen LogP contribution in [-0.2, 0) is 17.9 Å². The first-order chi connectivity index (χ1) is 16.0. The van der Waals surface area contributed by atoms with Gasteiger partial charge in [-0.25, -0.2) is 4.79 Å². The van der Waals surface area contributed by atoms with Crippen molar-refractivity contribution in [3.8, 4) is 0 Å². The monoisotopic (exact) mass is 447 g/mol. The standard InChI is InChI=1S/C27H33N3O3/c1-20-14-16-21(17-15-20)19-30-24-12-6-5-11-23(24)26(32)29(27(30)33)18-8-7-13-25(31)28-22-9-3-2-4-10-22/h5-6,11-12,14-17,22H,2-4,7-10,13,18-19H2,1H3,(H,28,31). The van der Waals surface area contributed by atoms with E-state index in [0.717, 1.165) is 24.0 Å². The lowest BCUT2D eigenvalue weighted by Crippen LogP contribution is -2.40. The number of unbranched alkanes of at least 4 members (excludes halogenated alkanes) is 1. The van der Waals surface area contributed by atoms with Crippen LogP contribution in [-0.4, -0.2) is 21.1 Å². The molecule has 6 heteroatoms. The average molecular weight is 448 g/mol. The summed E-state index contributed by atoms with van der Waals surface area (Å²) in [5.41, 5.74) is 2.26. The van der Waals surface area contributed by atoms with E-state index in [-0.39, 0.29) is 17.2 Å². The molecule has 4 rings (SSSR count). The molecular formula is C27H33N3O3. The molecule has 3 aromatic rings. The number of rotatable bonds is 8. The molecule has 1 aromatic heterocycles. The summed E-state index contributed by atoms with van der Waals surface area (Å²) in [6, 6.07) is 15.7. The van der Waals surface area contributed by atoms with Crippen molar-refractivity contribution in [2.24, 2.45) is 0 Å². The molecule has 2 aromatic carbocycles. The summed E-state index contributed by atoms with van der Waals surface area (Å²) in [5.74, 6) is 0.0736. The average Bonchev–Trinajstić information content (AvgIpc) is 2.83. The van der Waals surface area contributed by atoms with Crippen molar-refractivity contribution in [2.45, 2.75) is 77.4 Å². The lowest BCUT2D eigenvalue weighted by molar-refractivity contribution is -0.122. The largest absolute Gasteiger partial charge is 0.353 e. The van der Waals surface area contributed by atoms with E-state index in [9.17, 15) is 14.4 Å². The van der Waals surface area contributed by atoms with Gasteiger partial charge in [0.2, 0.25) is 5.91 Å². The number of aromatic nitrogens is 2. The van der Waals surface area contributed by atoms with Crippen molar-refractivity contribution in [3.05, 3.63) is 80.5 Å². The molecular weight excluding hydrogens is 414 g/mol. The van der Waals surface area contributed by atoms with Crippen molar-refractivity contribution in [3.63, 3.8) is 0 Å². The smallest absolute Gasteiger partial charge is 0.331 e. The summed E-state index contributed by atoms with van der Waals surface area (Å²) in [6.45, 7) is 2.75. The lowest BCUT2D eigenvalue weighted by atomic mass is 9.95. The van der Waals surface area contributed by atoms with Gasteiger partial charge < -0.3 is 5.32 Å². The highest BCUT2D eigenvalue weighted by Crippen LogP contribution is 2.17. The highest BCUT2D eigenvalue weighted by Gasteiger charge is 2.16. The zero-order valence-electron chi connectivity index (χ0n) is 19.4. The number of nitrogens with zero attached hydrogens (tertiary/aromatic N) is 2. The minimum atomic E-state index is -0.300. The van der Waals surface area contributed by atoms with Gasteiger partial charge in [0.15, 0.2) is 0 Å². The van der Waals surface area contributed by atoms with Crippen LogP contribution in [0.25, 0.3) is 10.9 Å². The number of hydrogen-bond acceptors (Lipinski definition) is 3. The zero-order chi connectivity index (χ0) is 23.2. The van der Waals surface area contributed by atoms with Crippen LogP contribution in [0.3, 0.4) is 0 Å². The van der Waals surface area contributed by atoms with Crippen LogP contribution in [0.1, 0.15) is 62.5 Å². The minimum Gasteiger partial charge on any atom is -0.353 e. The third kappa shape index (κ3) is 5.62. The topological polar surface area (TPSA) is 73.1 Å². The van der Waals surface area contributed by atoms with Crippen LogP contribution in [0.5, 0.6) is 0 Å². The first-order valence-corrected chi connectivity index (χ1v) is 12.1. The van der Waals surface area contributed by atoms with Crippen molar-refractivity contribution < 1.29 is 4.79 Å². The van der Waals surface area contributed by atoms with Crippen LogP contribution in [0.4, 0.5) is 0 Å². The van der Waals surface area contributed by atoms with Crippen molar-refractivity contribution in [1.29, 1.82) is 0 Å². The van der Waals surface area contributed by atoms with Gasteiger partial charge in [-0.05, 0) is 50.3 Å². The molecule has 1 N–H and O–H groups in total. The van der Waals surface area contributed by atoms with Gasteiger partial charge in [-0.2, -0.15) is 0 Å². The number of carbonyl (C=O) groups excluding carboxylic acids is 1. The Morgan fingerprint density at radius 3 is 2.42 bits per heavy atom. The van der Waals surface area contributed by atoms with Crippen LogP contribution < -0.4 is 16.6 Å². The first kappa shape index (κ1) is 23.0. The number of nitrogens with one attached hydrogen (secondary N) is 1. The molecule has 1 amide bonds. The Labute approximate surface area is 194 Å². The Morgan fingerprint density at radius 2 is 1.67 bits per heavy atom. The number of para-hydroxylation sites is 1. The highest BCUT2D eigenvalue weighted by molar-refractivity contribution is 5.78. The van der Waals surface area contributed by atoms with Crippen LogP contribution in [0.2, 0.25) is 0 Å². The second-order valence-electron chi connectivity index (χ2n) is 9.19. The molecule has 174 valence electrons. The van der Waals surface area contributed by atoms with Crippen molar-refractivity contribution >= 4 is 16.8 Å². The summed E-state index contributed by atoms with van der Waals surface area (Å²) >= 11 is 0. The Bertz CT molecular complexity index is 1220. The fourth-order valence-electron chi connectivity index (χ4n) is 4.70. The van der Waals surface area contributed by atoms with Crippen molar-refractivity contribution in [1.82, 2.24) is 14.5 Å². The van der Waals surface area contributed by atoms with Gasteiger partial charge in [0.25, 0.3) is 5.56 Å². The van der Waals surface area contributed by atoms with Crippen LogP contribution in [0.15, 0.2) is 58.1 Å². The molecule has 0 spiro atoms. The third-order valence-corrected chi connectivity index (χ3v) is 6.60. The van der Waals surface area contributed by atoms with Gasteiger partial charge in [0.05, 0.1) is 17.4 Å². The van der Waals surface area contributed by atoms with Crippen LogP contribution >= 0.6 is 0 Å². The number of aryl methyl sites for hydroxylation is 1. The predicted molar refractivity (Wildman–Crippen MR) is 132 cm³/mol. The van der Waals surface area contributed by atoms with E-state index < -0.39 is 0 Å². The second-order valence-corrected chi connectivity index (χ2v) is 9.19. The summed E-state index contributed by atoms with van der Waals surface area (Å²) in [5, 5.41) is 3.67. The van der Waals surface area contributed by atoms with E-state index in [0.29, 0.717) is 49.3 Å². The molecule has 1 heterocycles. The molecule has 6 nitrogen and oxygen atoms in total. The van der Waals surface area contributed by atoms with Gasteiger partial charge >= 0.3 is 5.69 Å². The van der Waals surface area contributed by atoms with E-state index in [1.165, 1.54) is 23.8 Å². The quantitative estimate of drug-likeness (QED) is 0.528. The summed E-state index contributed by atoms with van der Waals surface area (Å²) < 4.78 is 3.01. The van der Waals surface area contributed by atoms with E-state index in [1.807, 2.05) is 49.4 Å². The maximum absolute atomic E-state index is 13.3. The van der Waals surface area contributed by atoms with Crippen molar-refractivity contribution in [2.75, 3.05) is 0 Å². The SMILES string of the molecule is Cc1ccc(Cn2c(=O)n(CCCCC(=O)NC3CCCCC3)c(=O)c3ccccc32)cc1. The number of benzene rings is 2. The van der Waals surface area contributed by atoms with E-state index in [2.05, 4.69) is 5.32 Å². The van der Waals surface area contributed by atoms with E-state index in [4.69, 9.17) is 0 Å². The summed E-state index contributed by atoms with van der Waals surface area (Å²) in [4.78, 5) is 38.6. The van der Waals surface area contributed by atoms with Gasteiger partial charge in [0.1, 0.15) is 0 Å². The number of hydrogen-bond donors (Lipinski definition) is 1. The fraction of sp³-hybridized carbons (Fsp3) is 0.444. The van der Waals surface area contributed by atoms with Gasteiger partial charge in [-0.3, -0.25) is 18.7 Å².